The zero-order valence-corrected chi connectivity index (χ0v) is 13.4. The molecule has 0 heterocycles. The summed E-state index contributed by atoms with van der Waals surface area (Å²) in [5.41, 5.74) is 7.99. The van der Waals surface area contributed by atoms with Gasteiger partial charge in [0.05, 0.1) is 0 Å². The number of hydrogen-bond donors (Lipinski definition) is 1. The van der Waals surface area contributed by atoms with Crippen LogP contribution in [0.2, 0.25) is 0 Å². The summed E-state index contributed by atoms with van der Waals surface area (Å²) in [6.45, 7) is 9.50. The summed E-state index contributed by atoms with van der Waals surface area (Å²) in [5, 5.41) is 0. The van der Waals surface area contributed by atoms with E-state index in [4.69, 9.17) is 5.73 Å². The minimum atomic E-state index is 0.213. The van der Waals surface area contributed by atoms with Crippen molar-refractivity contribution in [3.63, 3.8) is 0 Å². The molecule has 2 N–H and O–H groups in total. The van der Waals surface area contributed by atoms with Crippen LogP contribution in [0.5, 0.6) is 0 Å². The van der Waals surface area contributed by atoms with Gasteiger partial charge in [0.1, 0.15) is 0 Å². The van der Waals surface area contributed by atoms with Crippen molar-refractivity contribution in [2.45, 2.75) is 53.4 Å². The van der Waals surface area contributed by atoms with Crippen LogP contribution in [-0.2, 0) is 6.42 Å². The summed E-state index contributed by atoms with van der Waals surface area (Å²) in [5.74, 6) is 0.761. The molecule has 1 unspecified atom stereocenters. The predicted molar refractivity (Wildman–Crippen MR) is 86.0 cm³/mol. The molecule has 2 heteroatoms. The highest BCUT2D eigenvalue weighted by atomic mass is 16.1. The van der Waals surface area contributed by atoms with Crippen molar-refractivity contribution in [1.82, 2.24) is 0 Å². The maximum Gasteiger partial charge on any atom is 0.162 e. The van der Waals surface area contributed by atoms with Crippen molar-refractivity contribution in [2.24, 2.45) is 17.1 Å². The van der Waals surface area contributed by atoms with Crippen LogP contribution in [0, 0.1) is 11.3 Å². The molecular formula is C18H29NO. The largest absolute Gasteiger partial charge is 0.330 e. The van der Waals surface area contributed by atoms with Crippen LogP contribution in [0.3, 0.4) is 0 Å². The van der Waals surface area contributed by atoms with Crippen molar-refractivity contribution in [2.75, 3.05) is 6.54 Å². The zero-order chi connectivity index (χ0) is 15.2. The smallest absolute Gasteiger partial charge is 0.162 e. The van der Waals surface area contributed by atoms with Gasteiger partial charge in [-0.25, -0.2) is 0 Å². The molecule has 0 fully saturated rings. The summed E-state index contributed by atoms with van der Waals surface area (Å²) in [6, 6.07) is 8.00. The Hall–Kier alpha value is -1.15. The fourth-order valence-corrected chi connectivity index (χ4v) is 2.63. The maximum atomic E-state index is 12.3. The standard InChI is InChI=1S/C18H29NO/c1-5-14-7-6-8-15(13-14)17(20)10-9-16(11-12-19)18(2,3)4/h6-8,13,16H,5,9-12,19H2,1-4H3. The molecule has 0 radical (unpaired) electrons. The minimum Gasteiger partial charge on any atom is -0.330 e. The van der Waals surface area contributed by atoms with E-state index in [0.29, 0.717) is 18.9 Å². The molecule has 0 amide bonds. The summed E-state index contributed by atoms with van der Waals surface area (Å²) < 4.78 is 0. The molecule has 0 aliphatic carbocycles. The lowest BCUT2D eigenvalue weighted by Gasteiger charge is -2.30. The summed E-state index contributed by atoms with van der Waals surface area (Å²) in [7, 11) is 0. The van der Waals surface area contributed by atoms with Gasteiger partial charge in [-0.1, -0.05) is 45.9 Å². The van der Waals surface area contributed by atoms with E-state index in [-0.39, 0.29) is 11.2 Å². The first-order valence-corrected chi connectivity index (χ1v) is 7.70. The Morgan fingerprint density at radius 2 is 1.95 bits per heavy atom. The first kappa shape index (κ1) is 16.9. The van der Waals surface area contributed by atoms with Gasteiger partial charge in [-0.15, -0.1) is 0 Å². The van der Waals surface area contributed by atoms with Gasteiger partial charge in [-0.05, 0) is 48.8 Å². The van der Waals surface area contributed by atoms with Gasteiger partial charge < -0.3 is 5.73 Å². The molecule has 1 aromatic rings. The predicted octanol–water partition coefficient (Wildman–Crippen LogP) is 4.22. The van der Waals surface area contributed by atoms with E-state index >= 15 is 0 Å². The Kier molecular flexibility index (Phi) is 6.41. The molecule has 1 aromatic carbocycles. The number of ketones is 1. The second-order valence-electron chi connectivity index (χ2n) is 6.66. The summed E-state index contributed by atoms with van der Waals surface area (Å²) in [4.78, 5) is 12.3. The van der Waals surface area contributed by atoms with Crippen LogP contribution in [-0.4, -0.2) is 12.3 Å². The third-order valence-electron chi connectivity index (χ3n) is 4.12. The highest BCUT2D eigenvalue weighted by Crippen LogP contribution is 2.32. The lowest BCUT2D eigenvalue weighted by Crippen LogP contribution is -2.24. The molecule has 0 bridgehead atoms. The Labute approximate surface area is 123 Å². The van der Waals surface area contributed by atoms with E-state index in [9.17, 15) is 4.79 Å². The molecular weight excluding hydrogens is 246 g/mol. The number of carbonyl (C=O) groups is 1. The number of aryl methyl sites for hydroxylation is 1. The van der Waals surface area contributed by atoms with E-state index < -0.39 is 0 Å². The first-order chi connectivity index (χ1) is 9.38. The van der Waals surface area contributed by atoms with Gasteiger partial charge in [0.25, 0.3) is 0 Å². The Morgan fingerprint density at radius 1 is 1.25 bits per heavy atom. The van der Waals surface area contributed by atoms with Gasteiger partial charge >= 0.3 is 0 Å². The molecule has 1 rings (SSSR count). The monoisotopic (exact) mass is 275 g/mol. The van der Waals surface area contributed by atoms with Crippen LogP contribution in [0.25, 0.3) is 0 Å². The number of benzene rings is 1. The van der Waals surface area contributed by atoms with Crippen LogP contribution in [0.15, 0.2) is 24.3 Å². The molecule has 0 aliphatic heterocycles. The Bertz CT molecular complexity index is 431. The SMILES string of the molecule is CCc1cccc(C(=O)CCC(CCN)C(C)(C)C)c1. The van der Waals surface area contributed by atoms with E-state index in [1.54, 1.807) is 0 Å². The van der Waals surface area contributed by atoms with Crippen LogP contribution < -0.4 is 5.73 Å². The lowest BCUT2D eigenvalue weighted by atomic mass is 9.75. The molecule has 1 atom stereocenters. The van der Waals surface area contributed by atoms with Gasteiger partial charge in [-0.3, -0.25) is 4.79 Å². The fourth-order valence-electron chi connectivity index (χ4n) is 2.63. The maximum absolute atomic E-state index is 12.3. The van der Waals surface area contributed by atoms with Gasteiger partial charge in [0.15, 0.2) is 5.78 Å². The topological polar surface area (TPSA) is 43.1 Å². The van der Waals surface area contributed by atoms with E-state index in [1.807, 2.05) is 18.2 Å². The van der Waals surface area contributed by atoms with Crippen molar-refractivity contribution < 1.29 is 4.79 Å². The van der Waals surface area contributed by atoms with Gasteiger partial charge in [0.2, 0.25) is 0 Å². The first-order valence-electron chi connectivity index (χ1n) is 7.70. The van der Waals surface area contributed by atoms with E-state index in [0.717, 1.165) is 24.8 Å². The van der Waals surface area contributed by atoms with Crippen molar-refractivity contribution in [3.8, 4) is 0 Å². The van der Waals surface area contributed by atoms with E-state index in [2.05, 4.69) is 33.8 Å². The van der Waals surface area contributed by atoms with Crippen molar-refractivity contribution in [3.05, 3.63) is 35.4 Å². The lowest BCUT2D eigenvalue weighted by molar-refractivity contribution is 0.0957. The second-order valence-corrected chi connectivity index (χ2v) is 6.66. The van der Waals surface area contributed by atoms with E-state index in [1.165, 1.54) is 5.56 Å². The fraction of sp³-hybridized carbons (Fsp3) is 0.611. The Balaban J connectivity index is 2.65. The third-order valence-corrected chi connectivity index (χ3v) is 4.12. The number of rotatable bonds is 7. The molecule has 0 saturated heterocycles. The quantitative estimate of drug-likeness (QED) is 0.757. The molecule has 2 nitrogen and oxygen atoms in total. The summed E-state index contributed by atoms with van der Waals surface area (Å²) in [6.07, 6.45) is 3.51. The van der Waals surface area contributed by atoms with Gasteiger partial charge in [-0.2, -0.15) is 0 Å². The number of Topliss-reactive ketones (excluding diaryl/α,β-unsaturated/α-hetero) is 1. The summed E-state index contributed by atoms with van der Waals surface area (Å²) >= 11 is 0. The highest BCUT2D eigenvalue weighted by molar-refractivity contribution is 5.96. The zero-order valence-electron chi connectivity index (χ0n) is 13.4. The van der Waals surface area contributed by atoms with Crippen LogP contribution >= 0.6 is 0 Å². The third kappa shape index (κ3) is 5.09. The average molecular weight is 275 g/mol. The highest BCUT2D eigenvalue weighted by Gasteiger charge is 2.24. The second kappa shape index (κ2) is 7.58. The molecule has 0 aliphatic rings. The molecule has 112 valence electrons. The minimum absolute atomic E-state index is 0.213. The molecule has 20 heavy (non-hydrogen) atoms. The van der Waals surface area contributed by atoms with Crippen molar-refractivity contribution >= 4 is 5.78 Å². The average Bonchev–Trinajstić information content (AvgIpc) is 2.41. The molecule has 0 saturated carbocycles. The molecule has 0 spiro atoms. The van der Waals surface area contributed by atoms with Crippen molar-refractivity contribution in [1.29, 1.82) is 0 Å². The van der Waals surface area contributed by atoms with Crippen LogP contribution in [0.4, 0.5) is 0 Å². The normalized spacial score (nSPS) is 13.2. The van der Waals surface area contributed by atoms with Crippen LogP contribution in [0.1, 0.15) is 62.9 Å². The number of nitrogens with two attached hydrogens (primary N) is 1. The van der Waals surface area contributed by atoms with Gasteiger partial charge in [0, 0.05) is 12.0 Å². The Morgan fingerprint density at radius 3 is 2.50 bits per heavy atom. The number of carbonyl (C=O) groups excluding carboxylic acids is 1. The number of hydrogen-bond acceptors (Lipinski definition) is 2. The molecule has 0 aromatic heterocycles.